The number of carbonyl (C=O) groups excluding carboxylic acids is 1. The Morgan fingerprint density at radius 1 is 0.778 bits per heavy atom. The first-order valence-electron chi connectivity index (χ1n) is 12.1. The van der Waals surface area contributed by atoms with Crippen molar-refractivity contribution in [1.82, 2.24) is 5.32 Å². The van der Waals surface area contributed by atoms with E-state index in [0.29, 0.717) is 19.8 Å². The summed E-state index contributed by atoms with van der Waals surface area (Å²) in [6.07, 6.45) is -2.32. The fourth-order valence-corrected chi connectivity index (χ4v) is 4.48. The van der Waals surface area contributed by atoms with Gasteiger partial charge in [-0.25, -0.2) is 0 Å². The average Bonchev–Trinajstić information content (AvgIpc) is 2.90. The predicted octanol–water partition coefficient (Wildman–Crippen LogP) is 4.84. The van der Waals surface area contributed by atoms with Gasteiger partial charge < -0.3 is 24.3 Å². The van der Waals surface area contributed by atoms with Crippen LogP contribution < -0.4 is 5.32 Å². The maximum absolute atomic E-state index is 11.9. The number of hydrogen-bond donors (Lipinski definition) is 1. The van der Waals surface area contributed by atoms with Gasteiger partial charge in [0.25, 0.3) is 0 Å². The van der Waals surface area contributed by atoms with Crippen LogP contribution in [0.4, 0.5) is 0 Å². The Morgan fingerprint density at radius 2 is 1.25 bits per heavy atom. The minimum Gasteiger partial charge on any atom is -0.374 e. The van der Waals surface area contributed by atoms with Crippen LogP contribution in [0.3, 0.4) is 0 Å². The molecule has 1 aliphatic heterocycles. The number of nitrogens with one attached hydrogen (secondary N) is 1. The van der Waals surface area contributed by atoms with E-state index in [0.717, 1.165) is 16.7 Å². The third-order valence-electron chi connectivity index (χ3n) is 5.92. The summed E-state index contributed by atoms with van der Waals surface area (Å²) < 4.78 is 25.0. The molecule has 3 aromatic rings. The minimum absolute atomic E-state index is 0.236. The minimum atomic E-state index is -0.744. The van der Waals surface area contributed by atoms with E-state index >= 15 is 0 Å². The molecule has 1 amide bonds. The first-order valence-corrected chi connectivity index (χ1v) is 12.5. The zero-order chi connectivity index (χ0) is 25.2. The summed E-state index contributed by atoms with van der Waals surface area (Å²) in [5.41, 5.74) is 3.10. The molecule has 4 rings (SSSR count). The highest BCUT2D eigenvalue weighted by Crippen LogP contribution is 2.30. The van der Waals surface area contributed by atoms with Crippen LogP contribution in [0, 0.1) is 0 Å². The summed E-state index contributed by atoms with van der Waals surface area (Å²) in [5, 5.41) is 2.14. The SMILES string of the molecule is CC(=O)N[C@@H]1O[C@H](COCc2ccccc2)[C@@H](OCc2ccccc2)[C@H](OCc2ccccc2)[C@@H]1Cl. The van der Waals surface area contributed by atoms with Crippen LogP contribution in [0.25, 0.3) is 0 Å². The Morgan fingerprint density at radius 3 is 1.75 bits per heavy atom. The summed E-state index contributed by atoms with van der Waals surface area (Å²) >= 11 is 6.85. The first-order chi connectivity index (χ1) is 17.6. The van der Waals surface area contributed by atoms with E-state index in [1.54, 1.807) is 0 Å². The zero-order valence-electron chi connectivity index (χ0n) is 20.3. The quantitative estimate of drug-likeness (QED) is 0.375. The van der Waals surface area contributed by atoms with Crippen molar-refractivity contribution in [3.8, 4) is 0 Å². The summed E-state index contributed by atoms with van der Waals surface area (Å²) in [7, 11) is 0. The number of rotatable bonds is 11. The normalized spacial score (nSPS) is 23.8. The number of amides is 1. The maximum Gasteiger partial charge on any atom is 0.218 e. The lowest BCUT2D eigenvalue weighted by Crippen LogP contribution is -2.62. The van der Waals surface area contributed by atoms with Gasteiger partial charge in [0.15, 0.2) is 0 Å². The van der Waals surface area contributed by atoms with Gasteiger partial charge in [-0.2, -0.15) is 0 Å². The van der Waals surface area contributed by atoms with Gasteiger partial charge in [0.1, 0.15) is 29.9 Å². The lowest BCUT2D eigenvalue weighted by atomic mass is 9.99. The predicted molar refractivity (Wildman–Crippen MR) is 138 cm³/mol. The van der Waals surface area contributed by atoms with E-state index in [9.17, 15) is 4.79 Å². The van der Waals surface area contributed by atoms with E-state index < -0.39 is 29.9 Å². The highest BCUT2D eigenvalue weighted by atomic mass is 35.5. The summed E-state index contributed by atoms with van der Waals surface area (Å²) in [6.45, 7) is 2.83. The monoisotopic (exact) mass is 509 g/mol. The van der Waals surface area contributed by atoms with Gasteiger partial charge in [-0.1, -0.05) is 91.0 Å². The van der Waals surface area contributed by atoms with Crippen LogP contribution >= 0.6 is 11.6 Å². The lowest BCUT2D eigenvalue weighted by molar-refractivity contribution is -0.223. The van der Waals surface area contributed by atoms with Crippen LogP contribution in [0.2, 0.25) is 0 Å². The molecule has 6 nitrogen and oxygen atoms in total. The van der Waals surface area contributed by atoms with Crippen molar-refractivity contribution < 1.29 is 23.7 Å². The number of benzene rings is 3. The summed E-state index contributed by atoms with van der Waals surface area (Å²) in [4.78, 5) is 11.9. The molecule has 0 unspecified atom stereocenters. The lowest BCUT2D eigenvalue weighted by Gasteiger charge is -2.44. The number of halogens is 1. The second-order valence-corrected chi connectivity index (χ2v) is 9.27. The van der Waals surface area contributed by atoms with Crippen molar-refractivity contribution in [2.75, 3.05) is 6.61 Å². The number of alkyl halides is 1. The molecule has 0 saturated carbocycles. The Labute approximate surface area is 217 Å². The van der Waals surface area contributed by atoms with E-state index in [-0.39, 0.29) is 12.5 Å². The molecule has 0 radical (unpaired) electrons. The molecule has 0 spiro atoms. The van der Waals surface area contributed by atoms with Gasteiger partial charge in [0.05, 0.1) is 26.4 Å². The Hall–Kier alpha value is -2.74. The molecule has 0 bridgehead atoms. The molecule has 1 heterocycles. The Balaban J connectivity index is 1.52. The van der Waals surface area contributed by atoms with Gasteiger partial charge in [-0.15, -0.1) is 11.6 Å². The molecule has 1 saturated heterocycles. The third kappa shape index (κ3) is 7.63. The highest BCUT2D eigenvalue weighted by molar-refractivity contribution is 6.21. The van der Waals surface area contributed by atoms with Gasteiger partial charge >= 0.3 is 0 Å². The Bertz CT molecular complexity index is 1050. The van der Waals surface area contributed by atoms with Crippen molar-refractivity contribution in [1.29, 1.82) is 0 Å². The molecular formula is C29H32ClNO5. The van der Waals surface area contributed by atoms with E-state index in [1.165, 1.54) is 6.92 Å². The molecule has 1 aliphatic rings. The van der Waals surface area contributed by atoms with Crippen LogP contribution in [-0.2, 0) is 43.6 Å². The molecule has 0 aliphatic carbocycles. The topological polar surface area (TPSA) is 66.0 Å². The van der Waals surface area contributed by atoms with E-state index in [1.807, 2.05) is 91.0 Å². The van der Waals surface area contributed by atoms with E-state index in [2.05, 4.69) is 5.32 Å². The number of carbonyl (C=O) groups is 1. The van der Waals surface area contributed by atoms with Crippen LogP contribution in [-0.4, -0.2) is 42.4 Å². The summed E-state index contributed by atoms with van der Waals surface area (Å²) in [6, 6.07) is 29.7. The average molecular weight is 510 g/mol. The molecule has 0 aromatic heterocycles. The first kappa shape index (κ1) is 26.3. The zero-order valence-corrected chi connectivity index (χ0v) is 21.1. The van der Waals surface area contributed by atoms with Crippen molar-refractivity contribution in [3.05, 3.63) is 108 Å². The number of ether oxygens (including phenoxy) is 4. The van der Waals surface area contributed by atoms with Gasteiger partial charge in [-0.3, -0.25) is 4.79 Å². The molecule has 36 heavy (non-hydrogen) atoms. The highest BCUT2D eigenvalue weighted by Gasteiger charge is 2.47. The standard InChI is InChI=1S/C29H32ClNO5/c1-21(32)31-29-26(30)28(35-19-24-15-9-4-10-16-24)27(34-18-23-13-7-3-8-14-23)25(36-29)20-33-17-22-11-5-2-6-12-22/h2-16,25-29H,17-20H2,1H3,(H,31,32)/t25-,26+,27-,28-,29-/m1/s1. The Kier molecular flexibility index (Phi) is 9.90. The van der Waals surface area contributed by atoms with Gasteiger partial charge in [-0.05, 0) is 16.7 Å². The second-order valence-electron chi connectivity index (χ2n) is 8.76. The molecule has 3 aromatic carbocycles. The molecule has 5 atom stereocenters. The molecule has 1 N–H and O–H groups in total. The molecule has 190 valence electrons. The van der Waals surface area contributed by atoms with Crippen LogP contribution in [0.5, 0.6) is 0 Å². The molecule has 7 heteroatoms. The maximum atomic E-state index is 11.9. The van der Waals surface area contributed by atoms with Crippen molar-refractivity contribution in [2.45, 2.75) is 56.7 Å². The smallest absolute Gasteiger partial charge is 0.218 e. The van der Waals surface area contributed by atoms with Crippen molar-refractivity contribution >= 4 is 17.5 Å². The third-order valence-corrected chi connectivity index (χ3v) is 6.40. The fraction of sp³-hybridized carbons (Fsp3) is 0.345. The van der Waals surface area contributed by atoms with Crippen LogP contribution in [0.15, 0.2) is 91.0 Å². The van der Waals surface area contributed by atoms with Crippen LogP contribution in [0.1, 0.15) is 23.6 Å². The van der Waals surface area contributed by atoms with Crippen molar-refractivity contribution in [2.24, 2.45) is 0 Å². The van der Waals surface area contributed by atoms with Gasteiger partial charge in [0.2, 0.25) is 5.91 Å². The summed E-state index contributed by atoms with van der Waals surface area (Å²) in [5.74, 6) is -0.236. The van der Waals surface area contributed by atoms with E-state index in [4.69, 9.17) is 30.5 Å². The fourth-order valence-electron chi connectivity index (χ4n) is 4.14. The van der Waals surface area contributed by atoms with Gasteiger partial charge in [0, 0.05) is 6.92 Å². The molecule has 1 fully saturated rings. The van der Waals surface area contributed by atoms with Crippen molar-refractivity contribution in [3.63, 3.8) is 0 Å². The second kappa shape index (κ2) is 13.5. The largest absolute Gasteiger partial charge is 0.374 e. The number of hydrogen-bond acceptors (Lipinski definition) is 5. The molecular weight excluding hydrogens is 478 g/mol.